The number of sulfonamides is 1. The second-order valence-corrected chi connectivity index (χ2v) is 10.6. The molecule has 3 aromatic rings. The van der Waals surface area contributed by atoms with Gasteiger partial charge in [0.2, 0.25) is 10.0 Å². The monoisotopic (exact) mass is 535 g/mol. The number of carbonyl (C=O) groups excluding carboxylic acids is 3. The van der Waals surface area contributed by atoms with E-state index in [4.69, 9.17) is 9.47 Å². The Morgan fingerprint density at radius 1 is 0.868 bits per heavy atom. The van der Waals surface area contributed by atoms with Crippen LogP contribution in [0.25, 0.3) is 11.1 Å². The smallest absolute Gasteiger partial charge is 0.328 e. The lowest BCUT2D eigenvalue weighted by molar-refractivity contribution is -0.158. The number of benzene rings is 3. The Morgan fingerprint density at radius 2 is 1.53 bits per heavy atom. The molecular weight excluding hydrogens is 506 g/mol. The Bertz CT molecular complexity index is 1450. The van der Waals surface area contributed by atoms with E-state index in [-0.39, 0.29) is 29.3 Å². The van der Waals surface area contributed by atoms with E-state index in [2.05, 4.69) is 4.72 Å². The first-order valence-corrected chi connectivity index (χ1v) is 14.0. The van der Waals surface area contributed by atoms with Gasteiger partial charge >= 0.3 is 11.9 Å². The van der Waals surface area contributed by atoms with Crippen molar-refractivity contribution in [3.05, 3.63) is 89.5 Å². The molecule has 0 spiro atoms. The number of rotatable bonds is 11. The number of unbranched alkanes of at least 4 members (excludes halogenated alkanes) is 1. The van der Waals surface area contributed by atoms with Gasteiger partial charge in [0.05, 0.1) is 11.5 Å². The lowest BCUT2D eigenvalue weighted by Crippen LogP contribution is -2.47. The zero-order valence-electron chi connectivity index (χ0n) is 21.2. The molecule has 198 valence electrons. The van der Waals surface area contributed by atoms with Crippen molar-refractivity contribution in [2.24, 2.45) is 0 Å². The molecule has 1 N–H and O–H groups in total. The van der Waals surface area contributed by atoms with E-state index in [0.717, 1.165) is 12.0 Å². The normalized spacial score (nSPS) is 13.8. The van der Waals surface area contributed by atoms with Gasteiger partial charge < -0.3 is 9.47 Å². The van der Waals surface area contributed by atoms with Crippen molar-refractivity contribution >= 4 is 27.7 Å². The van der Waals surface area contributed by atoms with Crippen LogP contribution in [0, 0.1) is 0 Å². The van der Waals surface area contributed by atoms with Gasteiger partial charge in [-0.3, -0.25) is 14.4 Å². The molecule has 1 aliphatic rings. The summed E-state index contributed by atoms with van der Waals surface area (Å²) in [5, 5.41) is 0. The number of carbonyl (C=O) groups is 3. The Balaban J connectivity index is 1.70. The van der Waals surface area contributed by atoms with Crippen LogP contribution in [0.1, 0.15) is 60.7 Å². The summed E-state index contributed by atoms with van der Waals surface area (Å²) in [6.07, 6.45) is 0.201. The van der Waals surface area contributed by atoms with E-state index in [1.165, 1.54) is 12.1 Å². The van der Waals surface area contributed by atoms with Gasteiger partial charge in [-0.25, -0.2) is 8.42 Å². The predicted molar refractivity (Wildman–Crippen MR) is 141 cm³/mol. The van der Waals surface area contributed by atoms with Gasteiger partial charge in [-0.1, -0.05) is 74.0 Å². The van der Waals surface area contributed by atoms with E-state index >= 15 is 0 Å². The third kappa shape index (κ3) is 5.69. The first-order chi connectivity index (χ1) is 18.3. The molecule has 0 radical (unpaired) electrons. The van der Waals surface area contributed by atoms with Crippen LogP contribution in [0.3, 0.4) is 0 Å². The fraction of sp³-hybridized carbons (Fsp3) is 0.276. The van der Waals surface area contributed by atoms with Gasteiger partial charge in [0.15, 0.2) is 17.9 Å². The Morgan fingerprint density at radius 3 is 2.21 bits per heavy atom. The van der Waals surface area contributed by atoms with Gasteiger partial charge in [-0.05, 0) is 42.2 Å². The van der Waals surface area contributed by atoms with Crippen molar-refractivity contribution < 1.29 is 32.3 Å². The third-order valence-electron chi connectivity index (χ3n) is 6.25. The maximum absolute atomic E-state index is 13.6. The maximum Gasteiger partial charge on any atom is 0.328 e. The Hall–Kier alpha value is -3.82. The van der Waals surface area contributed by atoms with E-state index in [9.17, 15) is 22.8 Å². The zero-order valence-corrected chi connectivity index (χ0v) is 22.0. The molecule has 0 heterocycles. The summed E-state index contributed by atoms with van der Waals surface area (Å²) in [6, 6.07) is 18.2. The number of nitrogens with one attached hydrogen (secondary N) is 1. The van der Waals surface area contributed by atoms with Gasteiger partial charge in [0.1, 0.15) is 0 Å². The molecule has 2 atom stereocenters. The Kier molecular flexibility index (Phi) is 8.38. The first kappa shape index (κ1) is 27.2. The quantitative estimate of drug-likeness (QED) is 0.280. The van der Waals surface area contributed by atoms with Gasteiger partial charge in [-0.15, -0.1) is 0 Å². The second kappa shape index (κ2) is 11.7. The molecule has 0 bridgehead atoms. The summed E-state index contributed by atoms with van der Waals surface area (Å²) in [4.78, 5) is 38.4. The standard InChI is InChI=1S/C29H29NO7S/c1-3-5-15-25(31)37-28(19-11-7-6-8-12-19)26(29(33)36-4-2)30-38(34,35)20-16-17-22-21-13-9-10-14-23(21)27(32)24(22)18-20/h6-14,16-18,26,28,30H,3-5,15H2,1-2H3. The summed E-state index contributed by atoms with van der Waals surface area (Å²) in [6.45, 7) is 3.52. The molecule has 0 saturated heterocycles. The van der Waals surface area contributed by atoms with Crippen molar-refractivity contribution in [2.75, 3.05) is 6.61 Å². The third-order valence-corrected chi connectivity index (χ3v) is 7.69. The highest BCUT2D eigenvalue weighted by Gasteiger charge is 2.38. The molecule has 0 aromatic heterocycles. The van der Waals surface area contributed by atoms with Gasteiger partial charge in [0, 0.05) is 17.5 Å². The van der Waals surface area contributed by atoms with Crippen LogP contribution in [-0.4, -0.2) is 38.8 Å². The maximum atomic E-state index is 13.6. The summed E-state index contributed by atoms with van der Waals surface area (Å²) in [5.41, 5.74) is 2.55. The molecule has 3 aromatic carbocycles. The topological polar surface area (TPSA) is 116 Å². The van der Waals surface area contributed by atoms with Gasteiger partial charge in [-0.2, -0.15) is 4.72 Å². The molecule has 8 nitrogen and oxygen atoms in total. The van der Waals surface area contributed by atoms with Crippen molar-refractivity contribution in [1.29, 1.82) is 0 Å². The zero-order chi connectivity index (χ0) is 27.3. The lowest BCUT2D eigenvalue weighted by Gasteiger charge is -2.27. The first-order valence-electron chi connectivity index (χ1n) is 12.5. The van der Waals surface area contributed by atoms with E-state index < -0.39 is 34.1 Å². The molecule has 9 heteroatoms. The molecule has 4 rings (SSSR count). The lowest BCUT2D eigenvalue weighted by atomic mass is 10.0. The summed E-state index contributed by atoms with van der Waals surface area (Å²) >= 11 is 0. The number of esters is 2. The van der Waals surface area contributed by atoms with Crippen LogP contribution >= 0.6 is 0 Å². The average molecular weight is 536 g/mol. The molecule has 0 fully saturated rings. The van der Waals surface area contributed by atoms with Gasteiger partial charge in [0.25, 0.3) is 0 Å². The van der Waals surface area contributed by atoms with Crippen molar-refractivity contribution in [3.8, 4) is 11.1 Å². The minimum absolute atomic E-state index is 0.00599. The molecule has 2 unspecified atom stereocenters. The van der Waals surface area contributed by atoms with E-state index in [1.807, 2.05) is 13.0 Å². The van der Waals surface area contributed by atoms with Crippen LogP contribution in [-0.2, 0) is 29.1 Å². The molecular formula is C29H29NO7S. The SMILES string of the molecule is CCCCC(=O)OC(c1ccccc1)C(NS(=O)(=O)c1ccc2c(c1)C(=O)c1ccccc1-2)C(=O)OCC. The summed E-state index contributed by atoms with van der Waals surface area (Å²) in [5.74, 6) is -1.73. The summed E-state index contributed by atoms with van der Waals surface area (Å²) in [7, 11) is -4.36. The van der Waals surface area contributed by atoms with E-state index in [0.29, 0.717) is 23.1 Å². The number of hydrogen-bond acceptors (Lipinski definition) is 7. The number of hydrogen-bond donors (Lipinski definition) is 1. The minimum Gasteiger partial charge on any atom is -0.465 e. The molecule has 0 amide bonds. The molecule has 0 saturated carbocycles. The second-order valence-electron chi connectivity index (χ2n) is 8.86. The molecule has 1 aliphatic carbocycles. The average Bonchev–Trinajstić information content (AvgIpc) is 3.21. The summed E-state index contributed by atoms with van der Waals surface area (Å²) < 4.78 is 40.3. The predicted octanol–water partition coefficient (Wildman–Crippen LogP) is 4.58. The van der Waals surface area contributed by atoms with Crippen LogP contribution in [0.5, 0.6) is 0 Å². The molecule has 38 heavy (non-hydrogen) atoms. The molecule has 0 aliphatic heterocycles. The van der Waals surface area contributed by atoms with E-state index in [1.54, 1.807) is 61.5 Å². The Labute approximate surface area is 222 Å². The fourth-order valence-electron chi connectivity index (χ4n) is 4.37. The largest absolute Gasteiger partial charge is 0.465 e. The highest BCUT2D eigenvalue weighted by molar-refractivity contribution is 7.89. The highest BCUT2D eigenvalue weighted by Crippen LogP contribution is 2.37. The van der Waals surface area contributed by atoms with Crippen LogP contribution in [0.4, 0.5) is 0 Å². The van der Waals surface area contributed by atoms with Crippen LogP contribution in [0.15, 0.2) is 77.7 Å². The van der Waals surface area contributed by atoms with Crippen molar-refractivity contribution in [1.82, 2.24) is 4.72 Å². The number of fused-ring (bicyclic) bond motifs is 3. The number of ether oxygens (including phenoxy) is 2. The van der Waals surface area contributed by atoms with Crippen LogP contribution in [0.2, 0.25) is 0 Å². The fourth-order valence-corrected chi connectivity index (χ4v) is 5.58. The van der Waals surface area contributed by atoms with Crippen molar-refractivity contribution in [3.63, 3.8) is 0 Å². The highest BCUT2D eigenvalue weighted by atomic mass is 32.2. The van der Waals surface area contributed by atoms with Crippen LogP contribution < -0.4 is 4.72 Å². The number of ketones is 1. The minimum atomic E-state index is -4.36. The van der Waals surface area contributed by atoms with Crippen molar-refractivity contribution in [2.45, 2.75) is 50.2 Å².